The van der Waals surface area contributed by atoms with Crippen LogP contribution in [0.1, 0.15) is 16.7 Å². The van der Waals surface area contributed by atoms with Crippen molar-refractivity contribution in [1.29, 1.82) is 5.26 Å². The highest BCUT2D eigenvalue weighted by molar-refractivity contribution is 5.99. The van der Waals surface area contributed by atoms with Crippen molar-refractivity contribution in [2.24, 2.45) is 0 Å². The first-order chi connectivity index (χ1) is 14.6. The van der Waals surface area contributed by atoms with E-state index < -0.39 is 0 Å². The summed E-state index contributed by atoms with van der Waals surface area (Å²) in [4.78, 5) is 2.07. The molecule has 0 unspecified atom stereocenters. The zero-order chi connectivity index (χ0) is 21.1. The predicted molar refractivity (Wildman–Crippen MR) is 117 cm³/mol. The topological polar surface area (TPSA) is 94.3 Å². The van der Waals surface area contributed by atoms with Crippen LogP contribution in [0.15, 0.2) is 48.0 Å². The summed E-state index contributed by atoms with van der Waals surface area (Å²) in [6.45, 7) is 3.93. The Morgan fingerprint density at radius 2 is 2.07 bits per heavy atom. The van der Waals surface area contributed by atoms with Crippen LogP contribution in [0.25, 0.3) is 10.8 Å². The van der Waals surface area contributed by atoms with E-state index in [9.17, 15) is 10.4 Å². The third-order valence-electron chi connectivity index (χ3n) is 5.31. The molecule has 1 aromatic heterocycles. The summed E-state index contributed by atoms with van der Waals surface area (Å²) >= 11 is 0. The second kappa shape index (κ2) is 8.39. The molecule has 0 radical (unpaired) electrons. The molecule has 0 bridgehead atoms. The quantitative estimate of drug-likeness (QED) is 0.613. The second-order valence-electron chi connectivity index (χ2n) is 7.30. The Morgan fingerprint density at radius 3 is 2.77 bits per heavy atom. The number of nitrogens with one attached hydrogen (secondary N) is 1. The van der Waals surface area contributed by atoms with E-state index in [1.165, 1.54) is 0 Å². The predicted octanol–water partition coefficient (Wildman–Crippen LogP) is 3.17. The molecule has 1 aliphatic heterocycles. The van der Waals surface area contributed by atoms with Crippen LogP contribution in [0.5, 0.6) is 5.75 Å². The summed E-state index contributed by atoms with van der Waals surface area (Å²) in [6.07, 6.45) is 2.01. The first-order valence-electron chi connectivity index (χ1n) is 9.74. The first-order valence-corrected chi connectivity index (χ1v) is 9.74. The summed E-state index contributed by atoms with van der Waals surface area (Å²) in [7, 11) is 1.66. The number of aliphatic hydroxyl groups is 1. The van der Waals surface area contributed by atoms with Crippen molar-refractivity contribution in [3.05, 3.63) is 64.7 Å². The maximum Gasteiger partial charge on any atom is 0.159 e. The van der Waals surface area contributed by atoms with Gasteiger partial charge in [-0.15, -0.1) is 10.2 Å². The van der Waals surface area contributed by atoms with E-state index in [-0.39, 0.29) is 6.61 Å². The number of nitrogens with zero attached hydrogens (tertiary/aromatic N) is 4. The third-order valence-corrected chi connectivity index (χ3v) is 5.31. The molecule has 2 N–H and O–H groups in total. The Balaban J connectivity index is 1.66. The van der Waals surface area contributed by atoms with E-state index in [0.717, 1.165) is 39.0 Å². The summed E-state index contributed by atoms with van der Waals surface area (Å²) in [5.74, 6) is 2.24. The minimum absolute atomic E-state index is 0.0430. The summed E-state index contributed by atoms with van der Waals surface area (Å²) < 4.78 is 5.33. The van der Waals surface area contributed by atoms with Crippen molar-refractivity contribution in [3.63, 3.8) is 0 Å². The van der Waals surface area contributed by atoms with E-state index in [1.807, 2.05) is 37.3 Å². The SMILES string of the molecule is COc1ccc(CNc2nnc(N3CC=C(CO)C3)c3ccc(C#N)cc23)cc1C. The van der Waals surface area contributed by atoms with E-state index in [1.54, 1.807) is 13.2 Å². The van der Waals surface area contributed by atoms with Gasteiger partial charge < -0.3 is 20.1 Å². The van der Waals surface area contributed by atoms with Gasteiger partial charge >= 0.3 is 0 Å². The molecule has 152 valence electrons. The molecule has 0 amide bonds. The van der Waals surface area contributed by atoms with Crippen LogP contribution in [0.4, 0.5) is 11.6 Å². The van der Waals surface area contributed by atoms with Crippen LogP contribution in [-0.2, 0) is 6.54 Å². The van der Waals surface area contributed by atoms with Gasteiger partial charge in [-0.25, -0.2) is 0 Å². The molecule has 0 saturated carbocycles. The van der Waals surface area contributed by atoms with Crippen molar-refractivity contribution in [1.82, 2.24) is 10.2 Å². The summed E-state index contributed by atoms with van der Waals surface area (Å²) in [5, 5.41) is 32.8. The van der Waals surface area contributed by atoms with Crippen molar-refractivity contribution < 1.29 is 9.84 Å². The number of methoxy groups -OCH3 is 1. The molecule has 1 aliphatic rings. The van der Waals surface area contributed by atoms with Gasteiger partial charge in [0.1, 0.15) is 5.75 Å². The number of hydrogen-bond donors (Lipinski definition) is 2. The number of benzene rings is 2. The summed E-state index contributed by atoms with van der Waals surface area (Å²) in [5.41, 5.74) is 3.70. The van der Waals surface area contributed by atoms with Gasteiger partial charge in [-0.2, -0.15) is 5.26 Å². The molecule has 0 spiro atoms. The van der Waals surface area contributed by atoms with E-state index in [2.05, 4.69) is 32.5 Å². The molecule has 0 saturated heterocycles. The molecule has 7 nitrogen and oxygen atoms in total. The number of nitriles is 1. The van der Waals surface area contributed by atoms with E-state index >= 15 is 0 Å². The first kappa shape index (κ1) is 19.7. The van der Waals surface area contributed by atoms with Gasteiger partial charge in [0.25, 0.3) is 0 Å². The van der Waals surface area contributed by atoms with Crippen LogP contribution in [0.3, 0.4) is 0 Å². The fourth-order valence-electron chi connectivity index (χ4n) is 3.70. The zero-order valence-corrected chi connectivity index (χ0v) is 17.0. The highest BCUT2D eigenvalue weighted by Gasteiger charge is 2.20. The Hall–Kier alpha value is -3.63. The maximum absolute atomic E-state index is 9.40. The molecule has 2 aromatic carbocycles. The smallest absolute Gasteiger partial charge is 0.159 e. The van der Waals surface area contributed by atoms with Gasteiger partial charge in [0.15, 0.2) is 11.6 Å². The van der Waals surface area contributed by atoms with Gasteiger partial charge in [0.2, 0.25) is 0 Å². The Kier molecular flexibility index (Phi) is 5.50. The van der Waals surface area contributed by atoms with Gasteiger partial charge in [0, 0.05) is 30.4 Å². The Morgan fingerprint density at radius 1 is 1.20 bits per heavy atom. The lowest BCUT2D eigenvalue weighted by atomic mass is 10.1. The molecular weight excluding hydrogens is 378 g/mol. The molecule has 2 heterocycles. The highest BCUT2D eigenvalue weighted by atomic mass is 16.5. The molecule has 3 aromatic rings. The average molecular weight is 401 g/mol. The molecule has 0 aliphatic carbocycles. The van der Waals surface area contributed by atoms with Crippen LogP contribution in [-0.4, -0.2) is 42.1 Å². The van der Waals surface area contributed by atoms with Crippen molar-refractivity contribution in [2.45, 2.75) is 13.5 Å². The van der Waals surface area contributed by atoms with E-state index in [0.29, 0.717) is 31.0 Å². The zero-order valence-electron chi connectivity index (χ0n) is 17.0. The number of anilines is 2. The molecular formula is C23H23N5O2. The van der Waals surface area contributed by atoms with Crippen LogP contribution >= 0.6 is 0 Å². The standard InChI is InChI=1S/C23H23N5O2/c1-15-9-17(4-6-21(15)30-2)12-25-22-20-10-16(11-24)3-5-19(20)23(27-26-22)28-8-7-18(13-28)14-29/h3-7,9-10,29H,8,12-14H2,1-2H3,(H,25,26). The number of aryl methyl sites for hydroxylation is 1. The van der Waals surface area contributed by atoms with E-state index in [4.69, 9.17) is 4.74 Å². The summed E-state index contributed by atoms with van der Waals surface area (Å²) in [6, 6.07) is 13.8. The Bertz CT molecular complexity index is 1170. The largest absolute Gasteiger partial charge is 0.496 e. The fourth-order valence-corrected chi connectivity index (χ4v) is 3.70. The van der Waals surface area contributed by atoms with Gasteiger partial charge in [0.05, 0.1) is 25.3 Å². The van der Waals surface area contributed by atoms with Crippen LogP contribution < -0.4 is 15.0 Å². The molecule has 30 heavy (non-hydrogen) atoms. The van der Waals surface area contributed by atoms with Crippen molar-refractivity contribution >= 4 is 22.4 Å². The average Bonchev–Trinajstić information content (AvgIpc) is 3.26. The second-order valence-corrected chi connectivity index (χ2v) is 7.30. The van der Waals surface area contributed by atoms with Crippen LogP contribution in [0, 0.1) is 18.3 Å². The van der Waals surface area contributed by atoms with Crippen molar-refractivity contribution in [3.8, 4) is 11.8 Å². The number of rotatable bonds is 6. The number of aliphatic hydroxyl groups excluding tert-OH is 1. The number of fused-ring (bicyclic) bond motifs is 1. The number of aromatic nitrogens is 2. The van der Waals surface area contributed by atoms with Gasteiger partial charge in [-0.3, -0.25) is 0 Å². The lowest BCUT2D eigenvalue weighted by Crippen LogP contribution is -2.22. The highest BCUT2D eigenvalue weighted by Crippen LogP contribution is 2.31. The molecule has 0 fully saturated rings. The minimum Gasteiger partial charge on any atom is -0.496 e. The van der Waals surface area contributed by atoms with Gasteiger partial charge in [-0.1, -0.05) is 18.2 Å². The fraction of sp³-hybridized carbons (Fsp3) is 0.261. The van der Waals surface area contributed by atoms with Crippen LogP contribution in [0.2, 0.25) is 0 Å². The lowest BCUT2D eigenvalue weighted by molar-refractivity contribution is 0.330. The van der Waals surface area contributed by atoms with Crippen molar-refractivity contribution in [2.75, 3.05) is 37.0 Å². The van der Waals surface area contributed by atoms with Gasteiger partial charge in [-0.05, 0) is 47.9 Å². The molecule has 7 heteroatoms. The number of ether oxygens (including phenoxy) is 1. The monoisotopic (exact) mass is 401 g/mol. The maximum atomic E-state index is 9.40. The molecule has 4 rings (SSSR count). The number of hydrogen-bond acceptors (Lipinski definition) is 7. The lowest BCUT2D eigenvalue weighted by Gasteiger charge is -2.20. The molecule has 0 atom stereocenters. The third kappa shape index (κ3) is 3.78. The minimum atomic E-state index is 0.0430. The Labute approximate surface area is 175 Å². The normalized spacial score (nSPS) is 13.3.